The van der Waals surface area contributed by atoms with Gasteiger partial charge in [-0.1, -0.05) is 23.7 Å². The molecule has 0 fully saturated rings. The fourth-order valence-corrected chi connectivity index (χ4v) is 4.70. The van der Waals surface area contributed by atoms with Crippen molar-refractivity contribution in [2.24, 2.45) is 0 Å². The normalized spacial score (nSPS) is 11.8. The summed E-state index contributed by atoms with van der Waals surface area (Å²) in [5, 5.41) is 4.32. The van der Waals surface area contributed by atoms with Crippen LogP contribution < -0.4 is 0 Å². The van der Waals surface area contributed by atoms with Crippen LogP contribution in [0.4, 0.5) is 0 Å². The van der Waals surface area contributed by atoms with E-state index in [1.54, 1.807) is 35.7 Å². The number of sulfonamides is 1. The summed E-state index contributed by atoms with van der Waals surface area (Å²) in [6.07, 6.45) is 1.66. The number of thiophene rings is 1. The molecule has 2 heterocycles. The van der Waals surface area contributed by atoms with Crippen LogP contribution in [0.15, 0.2) is 64.3 Å². The van der Waals surface area contributed by atoms with E-state index in [1.807, 2.05) is 35.9 Å². The summed E-state index contributed by atoms with van der Waals surface area (Å²) in [7, 11) is -3.70. The van der Waals surface area contributed by atoms with Gasteiger partial charge >= 0.3 is 0 Å². The highest BCUT2D eigenvalue weighted by atomic mass is 35.5. The van der Waals surface area contributed by atoms with Crippen LogP contribution in [-0.2, 0) is 23.1 Å². The molecule has 0 atom stereocenters. The Hall–Kier alpha value is -1.73. The molecule has 2 aromatic heterocycles. The van der Waals surface area contributed by atoms with E-state index in [1.165, 1.54) is 10.4 Å². The van der Waals surface area contributed by atoms with Crippen LogP contribution in [0.25, 0.3) is 0 Å². The van der Waals surface area contributed by atoms with Crippen LogP contribution in [0.3, 0.4) is 0 Å². The number of hydrogen-bond acceptors (Lipinski definition) is 4. The van der Waals surface area contributed by atoms with Gasteiger partial charge in [-0.3, -0.25) is 4.98 Å². The maximum Gasteiger partial charge on any atom is 0.243 e. The number of rotatable bonds is 6. The minimum absolute atomic E-state index is 0.189. The Balaban J connectivity index is 1.97. The highest BCUT2D eigenvalue weighted by Crippen LogP contribution is 2.25. The molecule has 25 heavy (non-hydrogen) atoms. The molecule has 0 bridgehead atoms. The van der Waals surface area contributed by atoms with Crippen molar-refractivity contribution in [2.75, 3.05) is 0 Å². The minimum Gasteiger partial charge on any atom is -0.260 e. The molecule has 0 saturated carbocycles. The Labute approximate surface area is 156 Å². The third kappa shape index (κ3) is 4.27. The van der Waals surface area contributed by atoms with Gasteiger partial charge in [0.15, 0.2) is 0 Å². The molecule has 1 aromatic carbocycles. The number of pyridine rings is 1. The Bertz CT molecular complexity index is 942. The van der Waals surface area contributed by atoms with E-state index in [0.717, 1.165) is 11.1 Å². The van der Waals surface area contributed by atoms with Gasteiger partial charge in [0.25, 0.3) is 0 Å². The summed E-state index contributed by atoms with van der Waals surface area (Å²) in [5.74, 6) is 0. The number of benzene rings is 1. The molecular formula is C18H17ClN2O2S2. The molecular weight excluding hydrogens is 376 g/mol. The predicted molar refractivity (Wildman–Crippen MR) is 101 cm³/mol. The molecule has 0 amide bonds. The lowest BCUT2D eigenvalue weighted by atomic mass is 10.2. The van der Waals surface area contributed by atoms with Crippen molar-refractivity contribution in [1.29, 1.82) is 0 Å². The molecule has 4 nitrogen and oxygen atoms in total. The molecule has 0 saturated heterocycles. The van der Waals surface area contributed by atoms with Crippen molar-refractivity contribution in [3.05, 3.63) is 81.3 Å². The van der Waals surface area contributed by atoms with Crippen molar-refractivity contribution in [2.45, 2.75) is 24.9 Å². The highest BCUT2D eigenvalue weighted by Gasteiger charge is 2.26. The van der Waals surface area contributed by atoms with Crippen LogP contribution in [0.1, 0.15) is 16.8 Å². The quantitative estimate of drug-likeness (QED) is 0.620. The molecule has 0 aliphatic carbocycles. The molecule has 0 radical (unpaired) electrons. The first-order chi connectivity index (χ1) is 12.0. The number of aromatic nitrogens is 1. The average molecular weight is 393 g/mol. The third-order valence-electron chi connectivity index (χ3n) is 3.78. The van der Waals surface area contributed by atoms with Gasteiger partial charge in [-0.05, 0) is 59.1 Å². The maximum absolute atomic E-state index is 13.2. The lowest BCUT2D eigenvalue weighted by molar-refractivity contribution is 0.397. The summed E-state index contributed by atoms with van der Waals surface area (Å²) in [6.45, 7) is 2.33. The molecule has 130 valence electrons. The zero-order valence-corrected chi connectivity index (χ0v) is 16.0. The van der Waals surface area contributed by atoms with E-state index < -0.39 is 10.0 Å². The molecule has 7 heteroatoms. The van der Waals surface area contributed by atoms with Gasteiger partial charge in [0.2, 0.25) is 10.0 Å². The van der Waals surface area contributed by atoms with E-state index in [4.69, 9.17) is 11.6 Å². The first-order valence-corrected chi connectivity index (χ1v) is 10.4. The van der Waals surface area contributed by atoms with Crippen molar-refractivity contribution in [3.8, 4) is 0 Å². The van der Waals surface area contributed by atoms with Gasteiger partial charge in [-0.15, -0.1) is 0 Å². The van der Waals surface area contributed by atoms with Crippen LogP contribution >= 0.6 is 22.9 Å². The van der Waals surface area contributed by atoms with Crippen LogP contribution in [0.5, 0.6) is 0 Å². The maximum atomic E-state index is 13.2. The van der Waals surface area contributed by atoms with Crippen molar-refractivity contribution in [1.82, 2.24) is 9.29 Å². The van der Waals surface area contributed by atoms with Crippen molar-refractivity contribution < 1.29 is 8.42 Å². The summed E-state index contributed by atoms with van der Waals surface area (Å²) < 4.78 is 27.8. The lowest BCUT2D eigenvalue weighted by Gasteiger charge is -2.22. The lowest BCUT2D eigenvalue weighted by Crippen LogP contribution is -2.30. The summed E-state index contributed by atoms with van der Waals surface area (Å²) in [5.41, 5.74) is 2.48. The summed E-state index contributed by atoms with van der Waals surface area (Å²) in [6, 6.07) is 12.2. The number of hydrogen-bond donors (Lipinski definition) is 0. The first kappa shape index (κ1) is 18.1. The van der Waals surface area contributed by atoms with Crippen molar-refractivity contribution in [3.63, 3.8) is 0 Å². The van der Waals surface area contributed by atoms with E-state index in [-0.39, 0.29) is 18.0 Å². The molecule has 0 aliphatic rings. The topological polar surface area (TPSA) is 50.3 Å². The molecule has 0 unspecified atom stereocenters. The van der Waals surface area contributed by atoms with E-state index in [9.17, 15) is 8.42 Å². The van der Waals surface area contributed by atoms with Gasteiger partial charge in [0, 0.05) is 17.8 Å². The fourth-order valence-electron chi connectivity index (χ4n) is 2.37. The molecule has 3 rings (SSSR count). The third-order valence-corrected chi connectivity index (χ3v) is 6.71. The fraction of sp³-hybridized carbons (Fsp3) is 0.167. The molecule has 0 N–H and O–H groups in total. The Morgan fingerprint density at radius 3 is 2.64 bits per heavy atom. The van der Waals surface area contributed by atoms with Crippen LogP contribution in [0, 0.1) is 6.92 Å². The van der Waals surface area contributed by atoms with E-state index in [0.29, 0.717) is 10.7 Å². The highest BCUT2D eigenvalue weighted by molar-refractivity contribution is 7.89. The van der Waals surface area contributed by atoms with Gasteiger partial charge in [0.1, 0.15) is 0 Å². The predicted octanol–water partition coefficient (Wildman–Crippen LogP) is 4.50. The SMILES string of the molecule is Cc1ccc(S(=O)(=O)N(Cc2ccsc2)Cc2ccccn2)cc1Cl. The zero-order chi connectivity index (χ0) is 17.9. The smallest absolute Gasteiger partial charge is 0.243 e. The zero-order valence-electron chi connectivity index (χ0n) is 13.6. The second-order valence-corrected chi connectivity index (χ2v) is 8.76. The Morgan fingerprint density at radius 2 is 2.00 bits per heavy atom. The van der Waals surface area contributed by atoms with Gasteiger partial charge in [-0.2, -0.15) is 15.6 Å². The molecule has 0 spiro atoms. The Kier molecular flexibility index (Phi) is 5.54. The van der Waals surface area contributed by atoms with Gasteiger partial charge in [-0.25, -0.2) is 8.42 Å². The standard InChI is InChI=1S/C18H17ClN2O2S2/c1-14-5-6-17(10-18(14)19)25(22,23)21(11-15-7-9-24-13-15)12-16-4-2-3-8-20-16/h2-10,13H,11-12H2,1H3. The number of aryl methyl sites for hydroxylation is 1. The largest absolute Gasteiger partial charge is 0.260 e. The first-order valence-electron chi connectivity index (χ1n) is 7.64. The molecule has 0 aliphatic heterocycles. The van der Waals surface area contributed by atoms with E-state index in [2.05, 4.69) is 4.98 Å². The number of nitrogens with zero attached hydrogens (tertiary/aromatic N) is 2. The minimum atomic E-state index is -3.70. The monoisotopic (exact) mass is 392 g/mol. The molecule has 3 aromatic rings. The van der Waals surface area contributed by atoms with Gasteiger partial charge < -0.3 is 0 Å². The summed E-state index contributed by atoms with van der Waals surface area (Å²) >= 11 is 7.67. The number of halogens is 1. The average Bonchev–Trinajstić information content (AvgIpc) is 3.11. The van der Waals surface area contributed by atoms with E-state index >= 15 is 0 Å². The van der Waals surface area contributed by atoms with Gasteiger partial charge in [0.05, 0.1) is 17.1 Å². The Morgan fingerprint density at radius 1 is 1.16 bits per heavy atom. The van der Waals surface area contributed by atoms with Crippen molar-refractivity contribution >= 4 is 33.0 Å². The van der Waals surface area contributed by atoms with Crippen LogP contribution in [0.2, 0.25) is 5.02 Å². The second kappa shape index (κ2) is 7.66. The summed E-state index contributed by atoms with van der Waals surface area (Å²) in [4.78, 5) is 4.45. The van der Waals surface area contributed by atoms with Crippen LogP contribution in [-0.4, -0.2) is 17.7 Å². The second-order valence-electron chi connectivity index (χ2n) is 5.64.